The summed E-state index contributed by atoms with van der Waals surface area (Å²) in [6.07, 6.45) is 0.560. The molecule has 0 saturated heterocycles. The summed E-state index contributed by atoms with van der Waals surface area (Å²) in [4.78, 5) is 22.5. The summed E-state index contributed by atoms with van der Waals surface area (Å²) in [5.41, 5.74) is -0.399. The maximum Gasteiger partial charge on any atom is 0.192 e. The van der Waals surface area contributed by atoms with Crippen LogP contribution in [0.1, 0.15) is 27.7 Å². The molecule has 0 bridgehead atoms. The van der Waals surface area contributed by atoms with Crippen LogP contribution in [0.15, 0.2) is 0 Å². The largest absolute Gasteiger partial charge is 0.298 e. The van der Waals surface area contributed by atoms with Crippen LogP contribution < -0.4 is 0 Å². The molecule has 0 heterocycles. The second-order valence-electron chi connectivity index (χ2n) is 5.32. The van der Waals surface area contributed by atoms with Crippen LogP contribution in [0.5, 0.6) is 0 Å². The average Bonchev–Trinajstić information content (AvgIpc) is 2.11. The number of rotatable bonds is 2. The summed E-state index contributed by atoms with van der Waals surface area (Å²) in [7, 11) is -1.27. The lowest BCUT2D eigenvalue weighted by Gasteiger charge is -2.32. The molecule has 0 amide bonds. The normalized spacial score (nSPS) is 15.1. The van der Waals surface area contributed by atoms with Gasteiger partial charge < -0.3 is 0 Å². The molecule has 0 spiro atoms. The first-order chi connectivity index (χ1) is 6.66. The zero-order chi connectivity index (χ0) is 12.3. The third kappa shape index (κ3) is 3.31. The van der Waals surface area contributed by atoms with E-state index in [1.807, 2.05) is 27.7 Å². The maximum atomic E-state index is 12.3. The first kappa shape index (κ1) is 14.1. The van der Waals surface area contributed by atoms with E-state index in [1.165, 1.54) is 0 Å². The lowest BCUT2D eigenvalue weighted by atomic mass is 9.83. The number of hydrogen-bond acceptors (Lipinski definition) is 2. The number of ketones is 1. The van der Waals surface area contributed by atoms with Gasteiger partial charge in [0.25, 0.3) is 0 Å². The lowest BCUT2D eigenvalue weighted by Crippen LogP contribution is -2.39. The van der Waals surface area contributed by atoms with Crippen molar-refractivity contribution in [2.75, 3.05) is 0 Å². The van der Waals surface area contributed by atoms with Crippen molar-refractivity contribution < 1.29 is 9.59 Å². The molecule has 15 heavy (non-hydrogen) atoms. The summed E-state index contributed by atoms with van der Waals surface area (Å²) >= 11 is 0. The van der Waals surface area contributed by atoms with Gasteiger partial charge in [0.2, 0.25) is 0 Å². The van der Waals surface area contributed by atoms with E-state index in [2.05, 4.69) is 24.9 Å². The molecule has 84 valence electrons. The highest BCUT2D eigenvalue weighted by Gasteiger charge is 2.41. The molecule has 0 radical (unpaired) electrons. The van der Waals surface area contributed by atoms with Crippen LogP contribution in [0.4, 0.5) is 0 Å². The molecule has 0 rings (SSSR count). The number of aldehydes is 1. The standard InChI is InChI=1S/C12H20O2Si/c1-11(2,3)10(14)12(4,15(5)6)8-7-9-13/h9,15H,1-6H3. The highest BCUT2D eigenvalue weighted by molar-refractivity contribution is 6.65. The van der Waals surface area contributed by atoms with Crippen LogP contribution in [-0.4, -0.2) is 20.9 Å². The van der Waals surface area contributed by atoms with Crippen LogP contribution in [0.2, 0.25) is 18.1 Å². The molecular weight excluding hydrogens is 204 g/mol. The molecule has 0 fully saturated rings. The minimum atomic E-state index is -1.27. The molecule has 2 nitrogen and oxygen atoms in total. The van der Waals surface area contributed by atoms with Crippen molar-refractivity contribution in [2.24, 2.45) is 5.41 Å². The monoisotopic (exact) mass is 224 g/mol. The van der Waals surface area contributed by atoms with Crippen molar-refractivity contribution in [3.63, 3.8) is 0 Å². The predicted molar refractivity (Wildman–Crippen MR) is 65.5 cm³/mol. The van der Waals surface area contributed by atoms with Crippen LogP contribution in [0.25, 0.3) is 0 Å². The molecule has 0 saturated carbocycles. The van der Waals surface area contributed by atoms with E-state index >= 15 is 0 Å². The van der Waals surface area contributed by atoms with Crippen molar-refractivity contribution in [1.82, 2.24) is 0 Å². The fourth-order valence-electron chi connectivity index (χ4n) is 1.42. The van der Waals surface area contributed by atoms with Gasteiger partial charge in [0, 0.05) is 5.41 Å². The van der Waals surface area contributed by atoms with Crippen LogP contribution in [0.3, 0.4) is 0 Å². The second-order valence-corrected chi connectivity index (χ2v) is 8.79. The zero-order valence-electron chi connectivity index (χ0n) is 10.5. The molecule has 3 heteroatoms. The van der Waals surface area contributed by atoms with Crippen LogP contribution in [-0.2, 0) is 9.59 Å². The van der Waals surface area contributed by atoms with Crippen molar-refractivity contribution in [2.45, 2.75) is 45.8 Å². The van der Waals surface area contributed by atoms with Crippen molar-refractivity contribution in [1.29, 1.82) is 0 Å². The summed E-state index contributed by atoms with van der Waals surface area (Å²) in [6, 6.07) is 0. The van der Waals surface area contributed by atoms with Gasteiger partial charge in [0.05, 0.1) is 13.8 Å². The molecule has 0 aliphatic rings. The topological polar surface area (TPSA) is 34.1 Å². The number of carbonyl (C=O) groups excluding carboxylic acids is 2. The van der Waals surface area contributed by atoms with Gasteiger partial charge in [-0.3, -0.25) is 9.59 Å². The van der Waals surface area contributed by atoms with Gasteiger partial charge in [-0.25, -0.2) is 0 Å². The number of carbonyl (C=O) groups is 2. The predicted octanol–water partition coefficient (Wildman–Crippen LogP) is 2.05. The minimum absolute atomic E-state index is 0.144. The van der Waals surface area contributed by atoms with Gasteiger partial charge in [-0.05, 0) is 12.8 Å². The fourth-order valence-corrected chi connectivity index (χ4v) is 2.75. The van der Waals surface area contributed by atoms with Crippen molar-refractivity contribution >= 4 is 20.9 Å². The third-order valence-corrected chi connectivity index (χ3v) is 5.41. The Hall–Kier alpha value is -0.883. The summed E-state index contributed by atoms with van der Waals surface area (Å²) in [6.45, 7) is 11.7. The van der Waals surface area contributed by atoms with E-state index in [4.69, 9.17) is 0 Å². The molecule has 1 atom stereocenters. The Morgan fingerprint density at radius 1 is 1.20 bits per heavy atom. The van der Waals surface area contributed by atoms with Gasteiger partial charge in [-0.2, -0.15) is 0 Å². The summed E-state index contributed by atoms with van der Waals surface area (Å²) in [5, 5.41) is -0.598. The smallest absolute Gasteiger partial charge is 0.192 e. The maximum absolute atomic E-state index is 12.3. The van der Waals surface area contributed by atoms with E-state index in [0.717, 1.165) is 0 Å². The van der Waals surface area contributed by atoms with E-state index in [0.29, 0.717) is 6.29 Å². The molecule has 0 aromatic heterocycles. The van der Waals surface area contributed by atoms with E-state index < -0.39 is 19.2 Å². The molecular formula is C12H20O2Si. The first-order valence-electron chi connectivity index (χ1n) is 5.17. The van der Waals surface area contributed by atoms with Crippen LogP contribution >= 0.6 is 0 Å². The van der Waals surface area contributed by atoms with E-state index in [-0.39, 0.29) is 5.78 Å². The quantitative estimate of drug-likeness (QED) is 0.409. The highest BCUT2D eigenvalue weighted by atomic mass is 28.3. The van der Waals surface area contributed by atoms with Crippen LogP contribution in [0, 0.1) is 17.3 Å². The number of hydrogen-bond donors (Lipinski definition) is 0. The molecule has 0 aliphatic carbocycles. The Bertz CT molecular complexity index is 315. The van der Waals surface area contributed by atoms with E-state index in [9.17, 15) is 9.59 Å². The van der Waals surface area contributed by atoms with Crippen molar-refractivity contribution in [3.8, 4) is 11.8 Å². The Morgan fingerprint density at radius 2 is 1.67 bits per heavy atom. The Morgan fingerprint density at radius 3 is 1.93 bits per heavy atom. The molecule has 0 aliphatic heterocycles. The Labute approximate surface area is 94.1 Å². The van der Waals surface area contributed by atoms with Gasteiger partial charge in [0.1, 0.15) is 0 Å². The molecule has 0 N–H and O–H groups in total. The van der Waals surface area contributed by atoms with E-state index in [1.54, 1.807) is 0 Å². The summed E-state index contributed by atoms with van der Waals surface area (Å²) in [5.74, 6) is 5.40. The average molecular weight is 224 g/mol. The minimum Gasteiger partial charge on any atom is -0.298 e. The first-order valence-corrected chi connectivity index (χ1v) is 8.06. The second kappa shape index (κ2) is 4.76. The van der Waals surface area contributed by atoms with Gasteiger partial charge in [-0.15, -0.1) is 0 Å². The third-order valence-electron chi connectivity index (χ3n) is 2.70. The zero-order valence-corrected chi connectivity index (χ0v) is 11.6. The summed E-state index contributed by atoms with van der Waals surface area (Å²) < 4.78 is 0. The van der Waals surface area contributed by atoms with Gasteiger partial charge in [-0.1, -0.05) is 39.8 Å². The molecule has 0 aromatic carbocycles. The lowest BCUT2D eigenvalue weighted by molar-refractivity contribution is -0.127. The highest BCUT2D eigenvalue weighted by Crippen LogP contribution is 2.37. The number of Topliss-reactive ketones (excluding diaryl/α,β-unsaturated/α-hetero) is 1. The van der Waals surface area contributed by atoms with Gasteiger partial charge >= 0.3 is 0 Å². The molecule has 0 aromatic rings. The fraction of sp³-hybridized carbons (Fsp3) is 0.667. The SMILES string of the molecule is C[SiH](C)C(C)(C#CC=O)C(=O)C(C)(C)C. The van der Waals surface area contributed by atoms with Crippen molar-refractivity contribution in [3.05, 3.63) is 0 Å². The van der Waals surface area contributed by atoms with Gasteiger partial charge in [0.15, 0.2) is 12.1 Å². The molecule has 1 unspecified atom stereocenters. The Balaban J connectivity index is 5.32. The Kier molecular flexibility index (Phi) is 4.48.